The summed E-state index contributed by atoms with van der Waals surface area (Å²) in [5, 5.41) is 3.12. The van der Waals surface area contributed by atoms with Crippen LogP contribution in [0.4, 0.5) is 9.57 Å². The molecule has 1 N–H and O–H groups in total. The minimum atomic E-state index is -4.56. The Morgan fingerprint density at radius 3 is 2.86 bits per heavy atom. The van der Waals surface area contributed by atoms with E-state index in [1.54, 1.807) is 6.07 Å². The summed E-state index contributed by atoms with van der Waals surface area (Å²) in [5.74, 6) is 0. The second kappa shape index (κ2) is 3.24. The highest BCUT2D eigenvalue weighted by atomic mass is 32.3. The molecule has 76 valence electrons. The number of anilines is 1. The Labute approximate surface area is 82.2 Å². The fourth-order valence-corrected chi connectivity index (χ4v) is 2.12. The zero-order valence-corrected chi connectivity index (χ0v) is 8.27. The van der Waals surface area contributed by atoms with Crippen LogP contribution in [0.3, 0.4) is 0 Å². The van der Waals surface area contributed by atoms with Crippen LogP contribution in [-0.4, -0.2) is 15.0 Å². The third-order valence-corrected chi connectivity index (χ3v) is 3.11. The highest BCUT2D eigenvalue weighted by Crippen LogP contribution is 2.25. The van der Waals surface area contributed by atoms with Gasteiger partial charge in [-0.1, -0.05) is 0 Å². The summed E-state index contributed by atoms with van der Waals surface area (Å²) in [6.45, 7) is 0.884. The lowest BCUT2D eigenvalue weighted by molar-refractivity contribution is 0.552. The van der Waals surface area contributed by atoms with Gasteiger partial charge in [-0.2, -0.15) is 8.42 Å². The van der Waals surface area contributed by atoms with Crippen molar-refractivity contribution >= 4 is 15.9 Å². The third-order valence-electron chi connectivity index (χ3n) is 2.30. The molecule has 0 aromatic heterocycles. The number of hydrogen-bond donors (Lipinski definition) is 1. The van der Waals surface area contributed by atoms with Crippen LogP contribution < -0.4 is 5.32 Å². The van der Waals surface area contributed by atoms with Crippen molar-refractivity contribution in [1.82, 2.24) is 0 Å². The molecule has 0 radical (unpaired) electrons. The van der Waals surface area contributed by atoms with Gasteiger partial charge in [-0.05, 0) is 36.6 Å². The van der Waals surface area contributed by atoms with Gasteiger partial charge >= 0.3 is 10.2 Å². The van der Waals surface area contributed by atoms with E-state index in [1.807, 2.05) is 0 Å². The highest BCUT2D eigenvalue weighted by Gasteiger charge is 2.15. The zero-order chi connectivity index (χ0) is 10.2. The first-order valence-electron chi connectivity index (χ1n) is 4.39. The number of rotatable bonds is 1. The van der Waals surface area contributed by atoms with E-state index in [0.717, 1.165) is 30.6 Å². The summed E-state index contributed by atoms with van der Waals surface area (Å²) in [6, 6.07) is 4.30. The molecule has 0 aliphatic carbocycles. The normalized spacial score (nSPS) is 15.8. The Bertz CT molecular complexity index is 456. The fraction of sp³-hybridized carbons (Fsp3) is 0.333. The van der Waals surface area contributed by atoms with Crippen molar-refractivity contribution in [2.24, 2.45) is 0 Å². The van der Waals surface area contributed by atoms with Gasteiger partial charge in [-0.3, -0.25) is 0 Å². The Kier molecular flexibility index (Phi) is 2.19. The van der Waals surface area contributed by atoms with Crippen molar-refractivity contribution in [1.29, 1.82) is 0 Å². The molecule has 1 aromatic rings. The van der Waals surface area contributed by atoms with Crippen LogP contribution in [0.5, 0.6) is 0 Å². The van der Waals surface area contributed by atoms with Crippen LogP contribution in [0.15, 0.2) is 23.1 Å². The van der Waals surface area contributed by atoms with E-state index in [0.29, 0.717) is 0 Å². The maximum absolute atomic E-state index is 12.6. The average Bonchev–Trinajstić information content (AvgIpc) is 2.16. The molecule has 0 saturated heterocycles. The molecule has 1 heterocycles. The molecule has 1 aliphatic heterocycles. The van der Waals surface area contributed by atoms with E-state index < -0.39 is 10.2 Å². The highest BCUT2D eigenvalue weighted by molar-refractivity contribution is 7.86. The molecule has 0 fully saturated rings. The summed E-state index contributed by atoms with van der Waals surface area (Å²) in [5.41, 5.74) is 1.78. The van der Waals surface area contributed by atoms with E-state index in [1.165, 1.54) is 12.1 Å². The smallest absolute Gasteiger partial charge is 0.332 e. The van der Waals surface area contributed by atoms with Crippen molar-refractivity contribution in [3.63, 3.8) is 0 Å². The minimum Gasteiger partial charge on any atom is -0.385 e. The third kappa shape index (κ3) is 1.72. The Morgan fingerprint density at radius 1 is 1.36 bits per heavy atom. The Hall–Kier alpha value is -1.10. The van der Waals surface area contributed by atoms with Crippen molar-refractivity contribution in [2.45, 2.75) is 17.7 Å². The Morgan fingerprint density at radius 2 is 2.14 bits per heavy atom. The maximum atomic E-state index is 12.6. The molecule has 3 nitrogen and oxygen atoms in total. The summed E-state index contributed by atoms with van der Waals surface area (Å²) < 4.78 is 33.9. The van der Waals surface area contributed by atoms with Crippen molar-refractivity contribution in [3.05, 3.63) is 23.8 Å². The van der Waals surface area contributed by atoms with E-state index in [4.69, 9.17) is 0 Å². The van der Waals surface area contributed by atoms with Gasteiger partial charge in [0.2, 0.25) is 0 Å². The lowest BCUT2D eigenvalue weighted by Crippen LogP contribution is -2.12. The predicted molar refractivity (Wildman–Crippen MR) is 51.5 cm³/mol. The van der Waals surface area contributed by atoms with Crippen LogP contribution in [0.1, 0.15) is 12.0 Å². The molecule has 1 aliphatic rings. The topological polar surface area (TPSA) is 46.2 Å². The number of halogens is 1. The summed E-state index contributed by atoms with van der Waals surface area (Å²) in [6.07, 6.45) is 1.74. The number of fused-ring (bicyclic) bond motifs is 1. The number of benzene rings is 1. The van der Waals surface area contributed by atoms with Gasteiger partial charge < -0.3 is 5.32 Å². The molecular formula is C9H10FNO2S. The van der Waals surface area contributed by atoms with Gasteiger partial charge in [0.15, 0.2) is 0 Å². The summed E-state index contributed by atoms with van der Waals surface area (Å²) in [4.78, 5) is -0.250. The lowest BCUT2D eigenvalue weighted by atomic mass is 10.0. The van der Waals surface area contributed by atoms with Gasteiger partial charge in [0, 0.05) is 12.2 Å². The van der Waals surface area contributed by atoms with Gasteiger partial charge in [0.25, 0.3) is 0 Å². The van der Waals surface area contributed by atoms with Crippen LogP contribution in [-0.2, 0) is 16.6 Å². The van der Waals surface area contributed by atoms with Crippen molar-refractivity contribution in [2.75, 3.05) is 11.9 Å². The standard InChI is InChI=1S/C9H10FNO2S/c10-14(12,13)8-3-4-9-7(6-8)2-1-5-11-9/h3-4,6,11H,1-2,5H2. The first-order valence-corrected chi connectivity index (χ1v) is 5.77. The molecule has 2 rings (SSSR count). The van der Waals surface area contributed by atoms with Crippen molar-refractivity contribution < 1.29 is 12.3 Å². The van der Waals surface area contributed by atoms with Gasteiger partial charge in [-0.15, -0.1) is 3.89 Å². The SMILES string of the molecule is O=S(=O)(F)c1ccc2c(c1)CCCN2. The minimum absolute atomic E-state index is 0.250. The predicted octanol–water partition coefficient (Wildman–Crippen LogP) is 1.70. The number of hydrogen-bond acceptors (Lipinski definition) is 3. The molecule has 0 atom stereocenters. The second-order valence-electron chi connectivity index (χ2n) is 3.29. The van der Waals surface area contributed by atoms with Gasteiger partial charge in [0.1, 0.15) is 0 Å². The number of aryl methyl sites for hydroxylation is 1. The molecule has 0 unspecified atom stereocenters. The molecule has 14 heavy (non-hydrogen) atoms. The summed E-state index contributed by atoms with van der Waals surface area (Å²) >= 11 is 0. The average molecular weight is 215 g/mol. The van der Waals surface area contributed by atoms with Gasteiger partial charge in [-0.25, -0.2) is 0 Å². The molecule has 0 amide bonds. The Balaban J connectivity index is 2.49. The quantitative estimate of drug-likeness (QED) is 0.725. The monoisotopic (exact) mass is 215 g/mol. The molecule has 0 bridgehead atoms. The molecule has 0 saturated carbocycles. The fourth-order valence-electron chi connectivity index (χ4n) is 1.60. The van der Waals surface area contributed by atoms with Crippen molar-refractivity contribution in [3.8, 4) is 0 Å². The van der Waals surface area contributed by atoms with E-state index in [2.05, 4.69) is 5.32 Å². The summed E-state index contributed by atoms with van der Waals surface area (Å²) in [7, 11) is -4.56. The second-order valence-corrected chi connectivity index (χ2v) is 4.63. The first kappa shape index (κ1) is 9.45. The van der Waals surface area contributed by atoms with Crippen LogP contribution in [0.25, 0.3) is 0 Å². The maximum Gasteiger partial charge on any atom is 0.332 e. The lowest BCUT2D eigenvalue weighted by Gasteiger charge is -2.17. The zero-order valence-electron chi connectivity index (χ0n) is 7.46. The first-order chi connectivity index (χ1) is 6.57. The number of nitrogens with one attached hydrogen (secondary N) is 1. The largest absolute Gasteiger partial charge is 0.385 e. The molecule has 1 aromatic carbocycles. The molecule has 0 spiro atoms. The van der Waals surface area contributed by atoms with Gasteiger partial charge in [0.05, 0.1) is 4.90 Å². The molecular weight excluding hydrogens is 205 g/mol. The van der Waals surface area contributed by atoms with Crippen LogP contribution >= 0.6 is 0 Å². The van der Waals surface area contributed by atoms with E-state index >= 15 is 0 Å². The van der Waals surface area contributed by atoms with E-state index in [-0.39, 0.29) is 4.90 Å². The van der Waals surface area contributed by atoms with Crippen LogP contribution in [0.2, 0.25) is 0 Å². The van der Waals surface area contributed by atoms with E-state index in [9.17, 15) is 12.3 Å². The molecule has 5 heteroatoms. The van der Waals surface area contributed by atoms with Crippen LogP contribution in [0, 0.1) is 0 Å².